The van der Waals surface area contributed by atoms with Crippen LogP contribution in [0, 0.1) is 11.6 Å². The van der Waals surface area contributed by atoms with E-state index >= 15 is 0 Å². The molecule has 0 spiro atoms. The van der Waals surface area contributed by atoms with Crippen molar-refractivity contribution in [2.75, 3.05) is 0 Å². The molecular formula is C8H6BrF2NO3. The Morgan fingerprint density at radius 3 is 2.47 bits per heavy atom. The van der Waals surface area contributed by atoms with Crippen molar-refractivity contribution in [3.63, 3.8) is 0 Å². The molecule has 0 amide bonds. The minimum atomic E-state index is -1.75. The van der Waals surface area contributed by atoms with Crippen LogP contribution < -0.4 is 5.73 Å². The summed E-state index contributed by atoms with van der Waals surface area (Å²) in [5.74, 6) is -4.61. The van der Waals surface area contributed by atoms with Crippen molar-refractivity contribution in [1.82, 2.24) is 0 Å². The van der Waals surface area contributed by atoms with E-state index in [-0.39, 0.29) is 0 Å². The van der Waals surface area contributed by atoms with Crippen molar-refractivity contribution in [2.45, 2.75) is 6.04 Å². The highest BCUT2D eigenvalue weighted by molar-refractivity contribution is 9.10. The molecule has 0 aromatic heterocycles. The third kappa shape index (κ3) is 2.07. The number of rotatable bonds is 2. The Balaban J connectivity index is 3.42. The van der Waals surface area contributed by atoms with E-state index < -0.39 is 39.4 Å². The third-order valence-electron chi connectivity index (χ3n) is 1.76. The number of aliphatic carboxylic acids is 1. The van der Waals surface area contributed by atoms with E-state index in [4.69, 9.17) is 10.8 Å². The number of halogens is 3. The fourth-order valence-electron chi connectivity index (χ4n) is 1.02. The van der Waals surface area contributed by atoms with Crippen LogP contribution in [-0.2, 0) is 4.79 Å². The first-order valence-corrected chi connectivity index (χ1v) is 4.50. The molecule has 1 aromatic rings. The highest BCUT2D eigenvalue weighted by Gasteiger charge is 2.25. The van der Waals surface area contributed by atoms with Crippen molar-refractivity contribution in [3.05, 3.63) is 27.7 Å². The first kappa shape index (κ1) is 11.9. The van der Waals surface area contributed by atoms with E-state index in [0.29, 0.717) is 6.07 Å². The van der Waals surface area contributed by atoms with Gasteiger partial charge in [0.15, 0.2) is 0 Å². The van der Waals surface area contributed by atoms with Crippen molar-refractivity contribution >= 4 is 21.9 Å². The molecule has 0 saturated carbocycles. The number of aromatic hydroxyl groups is 1. The molecule has 82 valence electrons. The Labute approximate surface area is 91.4 Å². The minimum Gasteiger partial charge on any atom is -0.506 e. The molecule has 1 rings (SSSR count). The molecule has 1 aromatic carbocycles. The van der Waals surface area contributed by atoms with Gasteiger partial charge in [-0.25, -0.2) is 8.78 Å². The van der Waals surface area contributed by atoms with Crippen LogP contribution in [0.1, 0.15) is 11.6 Å². The normalized spacial score (nSPS) is 12.5. The molecule has 4 nitrogen and oxygen atoms in total. The highest BCUT2D eigenvalue weighted by atomic mass is 79.9. The molecule has 0 fully saturated rings. The Hall–Kier alpha value is -1.21. The summed E-state index contributed by atoms with van der Waals surface area (Å²) in [6.07, 6.45) is 0. The number of carboxylic acids is 1. The Bertz CT molecular complexity index is 425. The van der Waals surface area contributed by atoms with Gasteiger partial charge in [0.05, 0.1) is 10.0 Å². The van der Waals surface area contributed by atoms with Crippen LogP contribution in [0.3, 0.4) is 0 Å². The SMILES string of the molecule is N[C@H](C(=O)O)c1c(F)cc(F)c(Br)c1O. The standard InChI is InChI=1S/C8H6BrF2NO3/c9-5-3(11)1-2(10)4(7(5)13)6(12)8(14)15/h1,6,13H,12H2,(H,14,15)/t6-/m0/s1. The lowest BCUT2D eigenvalue weighted by molar-refractivity contribution is -0.138. The van der Waals surface area contributed by atoms with Gasteiger partial charge in [-0.3, -0.25) is 4.79 Å². The van der Waals surface area contributed by atoms with Crippen molar-refractivity contribution in [1.29, 1.82) is 0 Å². The van der Waals surface area contributed by atoms with Gasteiger partial charge in [-0.1, -0.05) is 0 Å². The molecule has 0 aliphatic carbocycles. The maximum atomic E-state index is 13.1. The number of phenolic OH excluding ortho intramolecular Hbond substituents is 1. The molecule has 0 saturated heterocycles. The molecule has 0 unspecified atom stereocenters. The lowest BCUT2D eigenvalue weighted by Crippen LogP contribution is -2.22. The fourth-order valence-corrected chi connectivity index (χ4v) is 1.34. The molecule has 1 atom stereocenters. The summed E-state index contributed by atoms with van der Waals surface area (Å²) in [6, 6.07) is -1.30. The van der Waals surface area contributed by atoms with E-state index in [1.54, 1.807) is 0 Å². The van der Waals surface area contributed by atoms with Crippen LogP contribution in [0.15, 0.2) is 10.5 Å². The molecular weight excluding hydrogens is 276 g/mol. The quantitative estimate of drug-likeness (QED) is 0.718. The predicted octanol–water partition coefficient (Wildman–Crippen LogP) is 1.52. The first-order valence-electron chi connectivity index (χ1n) is 3.71. The van der Waals surface area contributed by atoms with E-state index in [2.05, 4.69) is 15.9 Å². The maximum absolute atomic E-state index is 13.1. The molecule has 0 radical (unpaired) electrons. The van der Waals surface area contributed by atoms with Crippen LogP contribution >= 0.6 is 15.9 Å². The summed E-state index contributed by atoms with van der Waals surface area (Å²) in [5.41, 5.74) is 4.46. The molecule has 15 heavy (non-hydrogen) atoms. The number of carbonyl (C=O) groups is 1. The second kappa shape index (κ2) is 4.11. The number of benzene rings is 1. The van der Waals surface area contributed by atoms with Crippen LogP contribution in [0.4, 0.5) is 8.78 Å². The van der Waals surface area contributed by atoms with Gasteiger partial charge >= 0.3 is 5.97 Å². The zero-order valence-corrected chi connectivity index (χ0v) is 8.75. The molecule has 4 N–H and O–H groups in total. The molecule has 7 heteroatoms. The Morgan fingerprint density at radius 1 is 1.47 bits per heavy atom. The highest BCUT2D eigenvalue weighted by Crippen LogP contribution is 2.35. The molecule has 0 aliphatic heterocycles. The van der Waals surface area contributed by atoms with Gasteiger partial charge in [0, 0.05) is 6.07 Å². The van der Waals surface area contributed by atoms with Crippen molar-refractivity contribution < 1.29 is 23.8 Å². The molecule has 0 aliphatic rings. The average Bonchev–Trinajstić information content (AvgIpc) is 2.14. The van der Waals surface area contributed by atoms with Gasteiger partial charge in [0.1, 0.15) is 23.4 Å². The lowest BCUT2D eigenvalue weighted by Gasteiger charge is -2.11. The summed E-state index contributed by atoms with van der Waals surface area (Å²) in [7, 11) is 0. The van der Waals surface area contributed by atoms with Gasteiger partial charge in [0.25, 0.3) is 0 Å². The maximum Gasteiger partial charge on any atom is 0.325 e. The zero-order chi connectivity index (χ0) is 11.7. The Morgan fingerprint density at radius 2 is 2.00 bits per heavy atom. The summed E-state index contributed by atoms with van der Waals surface area (Å²) in [5, 5.41) is 17.8. The first-order chi connectivity index (χ1) is 6.86. The summed E-state index contributed by atoms with van der Waals surface area (Å²) >= 11 is 2.64. The molecule has 0 heterocycles. The van der Waals surface area contributed by atoms with Gasteiger partial charge in [-0.2, -0.15) is 0 Å². The van der Waals surface area contributed by atoms with E-state index in [1.807, 2.05) is 0 Å². The van der Waals surface area contributed by atoms with Crippen LogP contribution in [-0.4, -0.2) is 16.2 Å². The van der Waals surface area contributed by atoms with E-state index in [0.717, 1.165) is 0 Å². The van der Waals surface area contributed by atoms with E-state index in [9.17, 15) is 18.7 Å². The third-order valence-corrected chi connectivity index (χ3v) is 2.51. The number of hydrogen-bond acceptors (Lipinski definition) is 3. The predicted molar refractivity (Wildman–Crippen MR) is 50.3 cm³/mol. The van der Waals surface area contributed by atoms with Gasteiger partial charge < -0.3 is 15.9 Å². The van der Waals surface area contributed by atoms with Gasteiger partial charge in [0.2, 0.25) is 0 Å². The van der Waals surface area contributed by atoms with Gasteiger partial charge in [-0.15, -0.1) is 0 Å². The molecule has 0 bridgehead atoms. The van der Waals surface area contributed by atoms with Crippen molar-refractivity contribution in [2.24, 2.45) is 5.73 Å². The number of phenols is 1. The number of carboxylic acid groups (broad SMARTS) is 1. The van der Waals surface area contributed by atoms with Crippen LogP contribution in [0.25, 0.3) is 0 Å². The second-order valence-electron chi connectivity index (χ2n) is 2.73. The van der Waals surface area contributed by atoms with Crippen LogP contribution in [0.2, 0.25) is 0 Å². The summed E-state index contributed by atoms with van der Waals surface area (Å²) < 4.78 is 25.6. The Kier molecular flexibility index (Phi) is 3.25. The fraction of sp³-hybridized carbons (Fsp3) is 0.125. The lowest BCUT2D eigenvalue weighted by atomic mass is 10.1. The topological polar surface area (TPSA) is 83.6 Å². The summed E-state index contributed by atoms with van der Waals surface area (Å²) in [6.45, 7) is 0. The smallest absolute Gasteiger partial charge is 0.325 e. The summed E-state index contributed by atoms with van der Waals surface area (Å²) in [4.78, 5) is 10.5. The largest absolute Gasteiger partial charge is 0.506 e. The van der Waals surface area contributed by atoms with E-state index in [1.165, 1.54) is 0 Å². The minimum absolute atomic E-state index is 0.421. The average molecular weight is 282 g/mol. The second-order valence-corrected chi connectivity index (χ2v) is 3.53. The van der Waals surface area contributed by atoms with Gasteiger partial charge in [-0.05, 0) is 15.9 Å². The monoisotopic (exact) mass is 281 g/mol. The van der Waals surface area contributed by atoms with Crippen molar-refractivity contribution in [3.8, 4) is 5.75 Å². The zero-order valence-electron chi connectivity index (χ0n) is 7.17. The number of hydrogen-bond donors (Lipinski definition) is 3. The number of nitrogens with two attached hydrogens (primary N) is 1. The van der Waals surface area contributed by atoms with Crippen LogP contribution in [0.5, 0.6) is 5.75 Å².